The second-order valence-electron chi connectivity index (χ2n) is 6.59. The van der Waals surface area contributed by atoms with Crippen LogP contribution in [0.1, 0.15) is 19.8 Å². The van der Waals surface area contributed by atoms with E-state index in [4.69, 9.17) is 9.47 Å². The summed E-state index contributed by atoms with van der Waals surface area (Å²) in [7, 11) is 1.48. The highest BCUT2D eigenvalue weighted by Crippen LogP contribution is 2.36. The fraction of sp³-hybridized carbons (Fsp3) is 0.227. The van der Waals surface area contributed by atoms with E-state index >= 15 is 0 Å². The summed E-state index contributed by atoms with van der Waals surface area (Å²) in [6, 6.07) is 15.6. The van der Waals surface area contributed by atoms with E-state index in [-0.39, 0.29) is 5.69 Å². The molecule has 156 valence electrons. The predicted octanol–water partition coefficient (Wildman–Crippen LogP) is 5.85. The summed E-state index contributed by atoms with van der Waals surface area (Å²) >= 11 is 0. The Bertz CT molecular complexity index is 1070. The van der Waals surface area contributed by atoms with Crippen LogP contribution in [0.3, 0.4) is 0 Å². The second-order valence-corrected chi connectivity index (χ2v) is 6.59. The zero-order valence-electron chi connectivity index (χ0n) is 16.8. The Balaban J connectivity index is 1.85. The smallest absolute Gasteiger partial charge is 0.411 e. The fourth-order valence-electron chi connectivity index (χ4n) is 3.04. The number of hydrogen-bond acceptors (Lipinski definition) is 6. The molecule has 30 heavy (non-hydrogen) atoms. The monoisotopic (exact) mass is 409 g/mol. The van der Waals surface area contributed by atoms with E-state index in [2.05, 4.69) is 10.6 Å². The number of nitrogens with one attached hydrogen (secondary N) is 2. The van der Waals surface area contributed by atoms with Crippen LogP contribution in [0.5, 0.6) is 5.75 Å². The van der Waals surface area contributed by atoms with Crippen molar-refractivity contribution in [1.29, 1.82) is 0 Å². The van der Waals surface area contributed by atoms with E-state index in [0.717, 1.165) is 18.2 Å². The number of unbranched alkanes of at least 4 members (excludes halogenated alkanes) is 1. The lowest BCUT2D eigenvalue weighted by Crippen LogP contribution is -2.15. The SMILES string of the molecule is CCCCOC(=O)Nc1ccc(Nc2ccc3ccccc3c2[N+](=O)[O-])cc1OC. The molecule has 0 bridgehead atoms. The normalized spacial score (nSPS) is 10.5. The first kappa shape index (κ1) is 20.9. The first-order chi connectivity index (χ1) is 14.5. The lowest BCUT2D eigenvalue weighted by atomic mass is 10.1. The standard InChI is InChI=1S/C22H23N3O5/c1-3-4-13-30-22(26)24-18-12-10-16(14-20(18)29-2)23-19-11-9-15-7-5-6-8-17(15)21(19)25(27)28/h5-12,14,23H,3-4,13H2,1-2H3,(H,24,26). The van der Waals surface area contributed by atoms with Crippen LogP contribution >= 0.6 is 0 Å². The number of nitro groups is 1. The van der Waals surface area contributed by atoms with Gasteiger partial charge in [-0.25, -0.2) is 4.79 Å². The lowest BCUT2D eigenvalue weighted by Gasteiger charge is -2.14. The van der Waals surface area contributed by atoms with Crippen molar-refractivity contribution in [3.63, 3.8) is 0 Å². The van der Waals surface area contributed by atoms with Crippen molar-refractivity contribution in [1.82, 2.24) is 0 Å². The average molecular weight is 409 g/mol. The van der Waals surface area contributed by atoms with Gasteiger partial charge in [0.25, 0.3) is 5.69 Å². The molecular weight excluding hydrogens is 386 g/mol. The molecule has 0 aliphatic carbocycles. The number of nitro benzene ring substituents is 1. The molecule has 0 saturated carbocycles. The van der Waals surface area contributed by atoms with E-state index in [1.54, 1.807) is 36.4 Å². The highest BCUT2D eigenvalue weighted by atomic mass is 16.6. The Morgan fingerprint density at radius 1 is 1.10 bits per heavy atom. The maximum absolute atomic E-state index is 11.9. The van der Waals surface area contributed by atoms with Gasteiger partial charge >= 0.3 is 6.09 Å². The molecule has 0 aliphatic heterocycles. The van der Waals surface area contributed by atoms with E-state index in [9.17, 15) is 14.9 Å². The third-order valence-corrected chi connectivity index (χ3v) is 4.53. The van der Waals surface area contributed by atoms with Gasteiger partial charge in [-0.1, -0.05) is 37.6 Å². The molecular formula is C22H23N3O5. The average Bonchev–Trinajstić information content (AvgIpc) is 2.74. The van der Waals surface area contributed by atoms with Crippen LogP contribution in [0, 0.1) is 10.1 Å². The van der Waals surface area contributed by atoms with Crippen LogP contribution in [0.2, 0.25) is 0 Å². The van der Waals surface area contributed by atoms with Gasteiger partial charge < -0.3 is 14.8 Å². The third kappa shape index (κ3) is 4.78. The highest BCUT2D eigenvalue weighted by Gasteiger charge is 2.19. The minimum Gasteiger partial charge on any atom is -0.494 e. The molecule has 3 aromatic rings. The zero-order valence-corrected chi connectivity index (χ0v) is 16.8. The summed E-state index contributed by atoms with van der Waals surface area (Å²) in [5.41, 5.74) is 1.38. The van der Waals surface area contributed by atoms with Gasteiger partial charge in [0.2, 0.25) is 0 Å². The number of methoxy groups -OCH3 is 1. The Labute approximate surface area is 174 Å². The topological polar surface area (TPSA) is 103 Å². The second kappa shape index (κ2) is 9.60. The molecule has 0 aromatic heterocycles. The Hall–Kier alpha value is -3.81. The lowest BCUT2D eigenvalue weighted by molar-refractivity contribution is -0.382. The van der Waals surface area contributed by atoms with E-state index in [1.807, 2.05) is 25.1 Å². The summed E-state index contributed by atoms with van der Waals surface area (Å²) < 4.78 is 10.5. The molecule has 3 aromatic carbocycles. The Morgan fingerprint density at radius 3 is 2.60 bits per heavy atom. The van der Waals surface area contributed by atoms with Gasteiger partial charge in [0.15, 0.2) is 0 Å². The number of carbonyl (C=O) groups excluding carboxylic acids is 1. The number of ether oxygens (including phenoxy) is 2. The van der Waals surface area contributed by atoms with Gasteiger partial charge in [0.1, 0.15) is 11.4 Å². The molecule has 0 radical (unpaired) electrons. The maximum atomic E-state index is 11.9. The van der Waals surface area contributed by atoms with Gasteiger partial charge in [-0.15, -0.1) is 0 Å². The molecule has 0 saturated heterocycles. The van der Waals surface area contributed by atoms with Crippen LogP contribution in [-0.4, -0.2) is 24.7 Å². The Morgan fingerprint density at radius 2 is 1.87 bits per heavy atom. The molecule has 0 heterocycles. The molecule has 0 aliphatic rings. The van der Waals surface area contributed by atoms with Crippen molar-refractivity contribution >= 4 is 39.6 Å². The summed E-state index contributed by atoms with van der Waals surface area (Å²) in [4.78, 5) is 23.2. The molecule has 2 N–H and O–H groups in total. The van der Waals surface area contributed by atoms with Crippen LogP contribution < -0.4 is 15.4 Å². The quantitative estimate of drug-likeness (QED) is 0.275. The fourth-order valence-corrected chi connectivity index (χ4v) is 3.04. The number of rotatable bonds is 8. The maximum Gasteiger partial charge on any atom is 0.411 e. The Kier molecular flexibility index (Phi) is 6.69. The molecule has 0 atom stereocenters. The molecule has 0 unspecified atom stereocenters. The van der Waals surface area contributed by atoms with Crippen LogP contribution in [0.15, 0.2) is 54.6 Å². The van der Waals surface area contributed by atoms with E-state index < -0.39 is 11.0 Å². The van der Waals surface area contributed by atoms with Crippen LogP contribution in [0.25, 0.3) is 10.8 Å². The van der Waals surface area contributed by atoms with E-state index in [0.29, 0.717) is 34.8 Å². The van der Waals surface area contributed by atoms with Crippen molar-refractivity contribution in [3.05, 3.63) is 64.7 Å². The highest BCUT2D eigenvalue weighted by molar-refractivity contribution is 5.97. The van der Waals surface area contributed by atoms with Gasteiger partial charge in [0.05, 0.1) is 29.7 Å². The van der Waals surface area contributed by atoms with Crippen molar-refractivity contribution in [2.45, 2.75) is 19.8 Å². The van der Waals surface area contributed by atoms with E-state index in [1.165, 1.54) is 7.11 Å². The third-order valence-electron chi connectivity index (χ3n) is 4.53. The number of carbonyl (C=O) groups is 1. The molecule has 8 nitrogen and oxygen atoms in total. The van der Waals surface area contributed by atoms with Gasteiger partial charge in [-0.05, 0) is 36.1 Å². The first-order valence-corrected chi connectivity index (χ1v) is 9.58. The molecule has 1 amide bonds. The predicted molar refractivity (Wildman–Crippen MR) is 117 cm³/mol. The summed E-state index contributed by atoms with van der Waals surface area (Å²) in [6.45, 7) is 2.35. The van der Waals surface area contributed by atoms with Crippen LogP contribution in [-0.2, 0) is 4.74 Å². The van der Waals surface area contributed by atoms with Gasteiger partial charge in [-0.3, -0.25) is 15.4 Å². The number of amides is 1. The zero-order chi connectivity index (χ0) is 21.5. The van der Waals surface area contributed by atoms with Crippen molar-refractivity contribution < 1.29 is 19.2 Å². The van der Waals surface area contributed by atoms with Crippen LogP contribution in [0.4, 0.5) is 27.5 Å². The number of nitrogens with zero attached hydrogens (tertiary/aromatic N) is 1. The minimum absolute atomic E-state index is 0.00577. The summed E-state index contributed by atoms with van der Waals surface area (Å²) in [6.07, 6.45) is 1.16. The summed E-state index contributed by atoms with van der Waals surface area (Å²) in [5.74, 6) is 0.399. The molecule has 0 fully saturated rings. The van der Waals surface area contributed by atoms with Crippen molar-refractivity contribution in [2.24, 2.45) is 0 Å². The number of benzene rings is 3. The van der Waals surface area contributed by atoms with Gasteiger partial charge in [-0.2, -0.15) is 0 Å². The minimum atomic E-state index is -0.562. The first-order valence-electron chi connectivity index (χ1n) is 9.58. The van der Waals surface area contributed by atoms with Crippen molar-refractivity contribution in [3.8, 4) is 5.75 Å². The number of anilines is 3. The molecule has 8 heteroatoms. The largest absolute Gasteiger partial charge is 0.494 e. The molecule has 3 rings (SSSR count). The van der Waals surface area contributed by atoms with Crippen molar-refractivity contribution in [2.75, 3.05) is 24.4 Å². The molecule has 0 spiro atoms. The summed E-state index contributed by atoms with van der Waals surface area (Å²) in [5, 5.41) is 18.8. The van der Waals surface area contributed by atoms with Gasteiger partial charge in [0, 0.05) is 11.8 Å². The number of fused-ring (bicyclic) bond motifs is 1. The number of hydrogen-bond donors (Lipinski definition) is 2.